The number of benzene rings is 1. The van der Waals surface area contributed by atoms with Crippen LogP contribution in [0.1, 0.15) is 18.4 Å². The highest BCUT2D eigenvalue weighted by molar-refractivity contribution is 6.30. The fourth-order valence-electron chi connectivity index (χ4n) is 1.40. The van der Waals surface area contributed by atoms with Crippen LogP contribution in [0.3, 0.4) is 0 Å². The molecule has 0 bridgehead atoms. The number of hydrogen-bond donors (Lipinski definition) is 1. The Balaban J connectivity index is 2.34. The molecule has 1 aromatic carbocycles. The van der Waals surface area contributed by atoms with Gasteiger partial charge in [0, 0.05) is 10.6 Å². The van der Waals surface area contributed by atoms with Crippen LogP contribution < -0.4 is 5.73 Å². The average molecular weight is 218 g/mol. The molecule has 76 valence electrons. The molecular formula is C10H10ClF2N. The standard InChI is InChI=1S/C10H10ClF2N/c11-8-3-1-7(2-4-8)10(12,13)9(14)5-6-9/h1-4H,5-6,14H2. The molecule has 1 saturated carbocycles. The van der Waals surface area contributed by atoms with Crippen molar-refractivity contribution in [2.45, 2.75) is 24.3 Å². The van der Waals surface area contributed by atoms with E-state index in [1.165, 1.54) is 24.3 Å². The van der Waals surface area contributed by atoms with E-state index in [2.05, 4.69) is 0 Å². The Bertz CT molecular complexity index is 344. The Morgan fingerprint density at radius 2 is 1.71 bits per heavy atom. The summed E-state index contributed by atoms with van der Waals surface area (Å²) in [7, 11) is 0. The van der Waals surface area contributed by atoms with E-state index in [0.717, 1.165) is 0 Å². The zero-order valence-electron chi connectivity index (χ0n) is 7.43. The average Bonchev–Trinajstić information content (AvgIpc) is 2.86. The Labute approximate surface area is 85.9 Å². The molecule has 0 heterocycles. The second-order valence-electron chi connectivity index (χ2n) is 3.74. The van der Waals surface area contributed by atoms with Crippen molar-refractivity contribution in [3.05, 3.63) is 34.9 Å². The van der Waals surface area contributed by atoms with Crippen molar-refractivity contribution in [1.29, 1.82) is 0 Å². The Morgan fingerprint density at radius 1 is 1.21 bits per heavy atom. The molecule has 4 heteroatoms. The molecule has 0 radical (unpaired) electrons. The fourth-order valence-corrected chi connectivity index (χ4v) is 1.52. The van der Waals surface area contributed by atoms with Crippen LogP contribution in [-0.2, 0) is 5.92 Å². The number of halogens is 3. The van der Waals surface area contributed by atoms with Crippen molar-refractivity contribution in [1.82, 2.24) is 0 Å². The minimum absolute atomic E-state index is 0.0538. The summed E-state index contributed by atoms with van der Waals surface area (Å²) in [5.41, 5.74) is 4.13. The SMILES string of the molecule is NC1(C(F)(F)c2ccc(Cl)cc2)CC1. The normalized spacial score (nSPS) is 19.4. The van der Waals surface area contributed by atoms with Crippen LogP contribution in [0.4, 0.5) is 8.78 Å². The van der Waals surface area contributed by atoms with Gasteiger partial charge in [-0.15, -0.1) is 0 Å². The van der Waals surface area contributed by atoms with E-state index in [9.17, 15) is 8.78 Å². The van der Waals surface area contributed by atoms with Gasteiger partial charge in [0.2, 0.25) is 0 Å². The summed E-state index contributed by atoms with van der Waals surface area (Å²) in [6.45, 7) is 0. The lowest BCUT2D eigenvalue weighted by atomic mass is 10.00. The zero-order valence-corrected chi connectivity index (χ0v) is 8.19. The third-order valence-electron chi connectivity index (χ3n) is 2.62. The lowest BCUT2D eigenvalue weighted by Crippen LogP contribution is -2.41. The summed E-state index contributed by atoms with van der Waals surface area (Å²) in [6.07, 6.45) is 0.755. The minimum Gasteiger partial charge on any atom is -0.320 e. The quantitative estimate of drug-likeness (QED) is 0.810. The predicted molar refractivity (Wildman–Crippen MR) is 51.5 cm³/mol. The maximum Gasteiger partial charge on any atom is 0.290 e. The van der Waals surface area contributed by atoms with E-state index >= 15 is 0 Å². The van der Waals surface area contributed by atoms with Crippen LogP contribution in [0.25, 0.3) is 0 Å². The van der Waals surface area contributed by atoms with Crippen LogP contribution in [0.2, 0.25) is 5.02 Å². The lowest BCUT2D eigenvalue weighted by molar-refractivity contribution is -0.0421. The molecule has 0 saturated heterocycles. The summed E-state index contributed by atoms with van der Waals surface area (Å²) in [4.78, 5) is 0. The molecule has 0 spiro atoms. The number of alkyl halides is 2. The summed E-state index contributed by atoms with van der Waals surface area (Å²) >= 11 is 5.62. The van der Waals surface area contributed by atoms with E-state index in [4.69, 9.17) is 17.3 Å². The second-order valence-corrected chi connectivity index (χ2v) is 4.17. The number of rotatable bonds is 2. The van der Waals surface area contributed by atoms with Gasteiger partial charge in [0.1, 0.15) is 0 Å². The van der Waals surface area contributed by atoms with E-state index in [1.54, 1.807) is 0 Å². The molecule has 0 atom stereocenters. The third kappa shape index (κ3) is 1.41. The van der Waals surface area contributed by atoms with Gasteiger partial charge < -0.3 is 5.73 Å². The number of hydrogen-bond acceptors (Lipinski definition) is 1. The highest BCUT2D eigenvalue weighted by atomic mass is 35.5. The maximum atomic E-state index is 13.7. The topological polar surface area (TPSA) is 26.0 Å². The summed E-state index contributed by atoms with van der Waals surface area (Å²) < 4.78 is 27.4. The molecule has 1 aliphatic rings. The minimum atomic E-state index is -2.95. The summed E-state index contributed by atoms with van der Waals surface area (Å²) in [5.74, 6) is -2.95. The van der Waals surface area contributed by atoms with Crippen molar-refractivity contribution < 1.29 is 8.78 Å². The van der Waals surface area contributed by atoms with Gasteiger partial charge in [0.25, 0.3) is 5.92 Å². The molecule has 2 rings (SSSR count). The molecule has 14 heavy (non-hydrogen) atoms. The molecule has 0 aliphatic heterocycles. The largest absolute Gasteiger partial charge is 0.320 e. The van der Waals surface area contributed by atoms with Crippen LogP contribution in [0, 0.1) is 0 Å². The van der Waals surface area contributed by atoms with E-state index < -0.39 is 11.5 Å². The van der Waals surface area contributed by atoms with Crippen molar-refractivity contribution in [2.24, 2.45) is 5.73 Å². The molecule has 1 nitrogen and oxygen atoms in total. The number of nitrogens with two attached hydrogens (primary N) is 1. The maximum absolute atomic E-state index is 13.7. The fraction of sp³-hybridized carbons (Fsp3) is 0.400. The molecule has 1 aromatic rings. The highest BCUT2D eigenvalue weighted by Crippen LogP contribution is 2.51. The first-order valence-corrected chi connectivity index (χ1v) is 4.76. The van der Waals surface area contributed by atoms with Gasteiger partial charge in [-0.1, -0.05) is 23.7 Å². The van der Waals surface area contributed by atoms with Crippen LogP contribution >= 0.6 is 11.6 Å². The predicted octanol–water partition coefficient (Wildman–Crippen LogP) is 2.92. The van der Waals surface area contributed by atoms with Gasteiger partial charge in [-0.05, 0) is 25.0 Å². The van der Waals surface area contributed by atoms with E-state index in [-0.39, 0.29) is 5.56 Å². The zero-order chi connectivity index (χ0) is 10.4. The molecule has 0 aromatic heterocycles. The van der Waals surface area contributed by atoms with Crippen molar-refractivity contribution in [3.8, 4) is 0 Å². The van der Waals surface area contributed by atoms with Crippen LogP contribution in [-0.4, -0.2) is 5.54 Å². The molecule has 1 fully saturated rings. The van der Waals surface area contributed by atoms with Gasteiger partial charge in [-0.25, -0.2) is 0 Å². The highest BCUT2D eigenvalue weighted by Gasteiger charge is 2.60. The van der Waals surface area contributed by atoms with Gasteiger partial charge >= 0.3 is 0 Å². The first kappa shape index (κ1) is 9.87. The first-order valence-electron chi connectivity index (χ1n) is 4.38. The van der Waals surface area contributed by atoms with Gasteiger partial charge in [-0.2, -0.15) is 8.78 Å². The Morgan fingerprint density at radius 3 is 2.14 bits per heavy atom. The molecule has 0 unspecified atom stereocenters. The van der Waals surface area contributed by atoms with Crippen molar-refractivity contribution in [2.75, 3.05) is 0 Å². The smallest absolute Gasteiger partial charge is 0.290 e. The van der Waals surface area contributed by atoms with Crippen molar-refractivity contribution in [3.63, 3.8) is 0 Å². The van der Waals surface area contributed by atoms with E-state index in [0.29, 0.717) is 17.9 Å². The molecule has 2 N–H and O–H groups in total. The monoisotopic (exact) mass is 217 g/mol. The molecule has 1 aliphatic carbocycles. The Kier molecular flexibility index (Phi) is 2.05. The lowest BCUT2D eigenvalue weighted by Gasteiger charge is -2.23. The van der Waals surface area contributed by atoms with Crippen LogP contribution in [0.15, 0.2) is 24.3 Å². The molecule has 0 amide bonds. The van der Waals surface area contributed by atoms with Crippen LogP contribution in [0.5, 0.6) is 0 Å². The Hall–Kier alpha value is -0.670. The van der Waals surface area contributed by atoms with Gasteiger partial charge in [0.15, 0.2) is 0 Å². The third-order valence-corrected chi connectivity index (χ3v) is 2.87. The first-order chi connectivity index (χ1) is 6.46. The summed E-state index contributed by atoms with van der Waals surface area (Å²) in [5, 5.41) is 0.450. The second kappa shape index (κ2) is 2.91. The van der Waals surface area contributed by atoms with Crippen molar-refractivity contribution >= 4 is 11.6 Å². The van der Waals surface area contributed by atoms with Gasteiger partial charge in [0.05, 0.1) is 5.54 Å². The van der Waals surface area contributed by atoms with E-state index in [1.807, 2.05) is 0 Å². The van der Waals surface area contributed by atoms with Gasteiger partial charge in [-0.3, -0.25) is 0 Å². The molecular weight excluding hydrogens is 208 g/mol. The summed E-state index contributed by atoms with van der Waals surface area (Å²) in [6, 6.07) is 5.57.